The van der Waals surface area contributed by atoms with E-state index in [1.807, 2.05) is 0 Å². The van der Waals surface area contributed by atoms with E-state index >= 15 is 0 Å². The van der Waals surface area contributed by atoms with Crippen LogP contribution in [0, 0.1) is 11.8 Å². The molecule has 3 aliphatic rings. The molecule has 1 heterocycles. The van der Waals surface area contributed by atoms with Crippen molar-refractivity contribution in [2.24, 2.45) is 17.0 Å². The zero-order chi connectivity index (χ0) is 11.7. The zero-order valence-corrected chi connectivity index (χ0v) is 10.6. The summed E-state index contributed by atoms with van der Waals surface area (Å²) in [4.78, 5) is 2.68. The van der Waals surface area contributed by atoms with Gasteiger partial charge in [0.25, 0.3) is 0 Å². The minimum absolute atomic E-state index is 0.561. The third-order valence-electron chi connectivity index (χ3n) is 5.12. The van der Waals surface area contributed by atoms with Crippen LogP contribution in [0.25, 0.3) is 0 Å². The van der Waals surface area contributed by atoms with Gasteiger partial charge in [-0.2, -0.15) is 0 Å². The topological polar surface area (TPSA) is 35.8 Å². The summed E-state index contributed by atoms with van der Waals surface area (Å²) in [7, 11) is 0. The summed E-state index contributed by atoms with van der Waals surface area (Å²) in [5, 5.41) is 12.9. The maximum absolute atomic E-state index is 9.28. The fraction of sp³-hybridized carbons (Fsp3) is 0.929. The van der Waals surface area contributed by atoms with Crippen LogP contribution in [0.15, 0.2) is 5.16 Å². The normalized spacial score (nSPS) is 41.6. The molecular weight excluding hydrogens is 212 g/mol. The summed E-state index contributed by atoms with van der Waals surface area (Å²) in [6.45, 7) is 2.54. The van der Waals surface area contributed by atoms with Crippen LogP contribution in [0.2, 0.25) is 0 Å². The monoisotopic (exact) mass is 236 g/mol. The summed E-state index contributed by atoms with van der Waals surface area (Å²) >= 11 is 0. The van der Waals surface area contributed by atoms with E-state index in [4.69, 9.17) is 0 Å². The van der Waals surface area contributed by atoms with Gasteiger partial charge in [-0.3, -0.25) is 4.90 Å². The van der Waals surface area contributed by atoms with E-state index in [1.165, 1.54) is 64.5 Å². The second kappa shape index (κ2) is 4.97. The molecule has 17 heavy (non-hydrogen) atoms. The Balaban J connectivity index is 1.76. The van der Waals surface area contributed by atoms with Crippen LogP contribution >= 0.6 is 0 Å². The lowest BCUT2D eigenvalue weighted by atomic mass is 9.67. The highest BCUT2D eigenvalue weighted by Crippen LogP contribution is 2.40. The van der Waals surface area contributed by atoms with Gasteiger partial charge in [0.05, 0.1) is 5.71 Å². The molecule has 3 atom stereocenters. The number of nitrogens with zero attached hydrogens (tertiary/aromatic N) is 2. The second-order valence-electron chi connectivity index (χ2n) is 6.00. The van der Waals surface area contributed by atoms with Crippen LogP contribution < -0.4 is 0 Å². The fourth-order valence-corrected chi connectivity index (χ4v) is 4.28. The van der Waals surface area contributed by atoms with Gasteiger partial charge < -0.3 is 5.21 Å². The number of piperidine rings is 1. The molecule has 3 heteroatoms. The molecule has 0 spiro atoms. The molecule has 1 N–H and O–H groups in total. The third-order valence-corrected chi connectivity index (χ3v) is 5.12. The van der Waals surface area contributed by atoms with Crippen molar-refractivity contribution >= 4 is 5.71 Å². The summed E-state index contributed by atoms with van der Waals surface area (Å²) in [6.07, 6.45) is 10.5. The van der Waals surface area contributed by atoms with Crippen LogP contribution in [0.3, 0.4) is 0 Å². The highest BCUT2D eigenvalue weighted by atomic mass is 16.4. The largest absolute Gasteiger partial charge is 0.411 e. The summed E-state index contributed by atoms with van der Waals surface area (Å²) in [5.41, 5.74) is 1.14. The van der Waals surface area contributed by atoms with E-state index in [9.17, 15) is 5.21 Å². The maximum Gasteiger partial charge on any atom is 0.0648 e. The van der Waals surface area contributed by atoms with E-state index in [0.717, 1.165) is 5.71 Å². The highest BCUT2D eigenvalue weighted by molar-refractivity contribution is 5.90. The number of rotatable bonds is 1. The zero-order valence-electron chi connectivity index (χ0n) is 10.6. The quantitative estimate of drug-likeness (QED) is 0.561. The Kier molecular flexibility index (Phi) is 3.37. The van der Waals surface area contributed by atoms with Gasteiger partial charge in [-0.15, -0.1) is 0 Å². The Hall–Kier alpha value is -0.570. The highest BCUT2D eigenvalue weighted by Gasteiger charge is 2.41. The Bertz CT molecular complexity index is 297. The molecule has 0 aromatic heterocycles. The maximum atomic E-state index is 9.28. The van der Waals surface area contributed by atoms with E-state index in [1.54, 1.807) is 0 Å². The smallest absolute Gasteiger partial charge is 0.0648 e. The first-order chi connectivity index (χ1) is 8.40. The SMILES string of the molecule is ON=C1[C@H]2CCC[C@H]1[C@@H](N1CCCCC1)CC2. The standard InChI is InChI=1S/C14H24N2O/c17-15-14-11-5-4-6-12(14)13(8-7-11)16-9-2-1-3-10-16/h11-13,17H,1-10H2/t11-,12-,13-/m0/s1. The fourth-order valence-electron chi connectivity index (χ4n) is 4.28. The van der Waals surface area contributed by atoms with Gasteiger partial charge in [-0.1, -0.05) is 18.0 Å². The molecule has 2 bridgehead atoms. The predicted molar refractivity (Wildman–Crippen MR) is 68.5 cm³/mol. The molecule has 96 valence electrons. The van der Waals surface area contributed by atoms with Crippen molar-refractivity contribution < 1.29 is 5.21 Å². The van der Waals surface area contributed by atoms with Crippen molar-refractivity contribution in [3.05, 3.63) is 0 Å². The average molecular weight is 236 g/mol. The second-order valence-corrected chi connectivity index (χ2v) is 6.00. The minimum Gasteiger partial charge on any atom is -0.411 e. The molecule has 0 amide bonds. The van der Waals surface area contributed by atoms with Gasteiger partial charge in [0, 0.05) is 17.9 Å². The first-order valence-electron chi connectivity index (χ1n) is 7.36. The first-order valence-corrected chi connectivity index (χ1v) is 7.36. The molecule has 3 nitrogen and oxygen atoms in total. The van der Waals surface area contributed by atoms with Crippen LogP contribution in [0.4, 0.5) is 0 Å². The van der Waals surface area contributed by atoms with Crippen molar-refractivity contribution in [2.75, 3.05) is 13.1 Å². The molecule has 2 saturated carbocycles. The Morgan fingerprint density at radius 3 is 2.53 bits per heavy atom. The molecule has 3 fully saturated rings. The Morgan fingerprint density at radius 2 is 1.76 bits per heavy atom. The molecule has 0 radical (unpaired) electrons. The van der Waals surface area contributed by atoms with Gasteiger partial charge in [-0.05, 0) is 51.6 Å². The number of likely N-dealkylation sites (tertiary alicyclic amines) is 1. The molecule has 0 aromatic rings. The van der Waals surface area contributed by atoms with E-state index in [-0.39, 0.29) is 0 Å². The molecule has 1 aliphatic heterocycles. The number of fused-ring (bicyclic) bond motifs is 2. The van der Waals surface area contributed by atoms with E-state index < -0.39 is 0 Å². The number of oxime groups is 1. The average Bonchev–Trinajstić information content (AvgIpc) is 2.39. The minimum atomic E-state index is 0.561. The van der Waals surface area contributed by atoms with Gasteiger partial charge in [0.1, 0.15) is 0 Å². The van der Waals surface area contributed by atoms with Gasteiger partial charge >= 0.3 is 0 Å². The predicted octanol–water partition coefficient (Wildman–Crippen LogP) is 2.88. The van der Waals surface area contributed by atoms with Crippen molar-refractivity contribution in [2.45, 2.75) is 57.4 Å². The lowest BCUT2D eigenvalue weighted by Gasteiger charge is -2.46. The third kappa shape index (κ3) is 2.10. The summed E-state index contributed by atoms with van der Waals surface area (Å²) in [6, 6.07) is 0.678. The lowest BCUT2D eigenvalue weighted by Crippen LogP contribution is -2.51. The van der Waals surface area contributed by atoms with Crippen molar-refractivity contribution in [1.82, 2.24) is 4.90 Å². The molecule has 2 aliphatic carbocycles. The Labute approximate surface area is 104 Å². The van der Waals surface area contributed by atoms with Gasteiger partial charge in [0.15, 0.2) is 0 Å². The molecule has 0 aromatic carbocycles. The molecule has 3 rings (SSSR count). The Morgan fingerprint density at radius 1 is 0.941 bits per heavy atom. The van der Waals surface area contributed by atoms with Crippen molar-refractivity contribution in [3.63, 3.8) is 0 Å². The summed E-state index contributed by atoms with van der Waals surface area (Å²) < 4.78 is 0. The van der Waals surface area contributed by atoms with Crippen molar-refractivity contribution in [1.29, 1.82) is 0 Å². The van der Waals surface area contributed by atoms with E-state index in [0.29, 0.717) is 17.9 Å². The van der Waals surface area contributed by atoms with Gasteiger partial charge in [-0.25, -0.2) is 0 Å². The number of hydrogen-bond donors (Lipinski definition) is 1. The lowest BCUT2D eigenvalue weighted by molar-refractivity contribution is 0.0972. The van der Waals surface area contributed by atoms with Crippen LogP contribution in [-0.4, -0.2) is 35.0 Å². The molecule has 1 saturated heterocycles. The van der Waals surface area contributed by atoms with Crippen LogP contribution in [0.5, 0.6) is 0 Å². The van der Waals surface area contributed by atoms with E-state index in [2.05, 4.69) is 10.1 Å². The first kappa shape index (κ1) is 11.5. The van der Waals surface area contributed by atoms with Crippen LogP contribution in [0.1, 0.15) is 51.4 Å². The molecular formula is C14H24N2O. The number of hydrogen-bond acceptors (Lipinski definition) is 3. The van der Waals surface area contributed by atoms with Crippen LogP contribution in [-0.2, 0) is 0 Å². The molecule has 0 unspecified atom stereocenters. The van der Waals surface area contributed by atoms with Crippen molar-refractivity contribution in [3.8, 4) is 0 Å². The summed E-state index contributed by atoms with van der Waals surface area (Å²) in [5.74, 6) is 1.16. The van der Waals surface area contributed by atoms with Gasteiger partial charge in [0.2, 0.25) is 0 Å².